The Morgan fingerprint density at radius 2 is 1.76 bits per heavy atom. The Bertz CT molecular complexity index is 247. The van der Waals surface area contributed by atoms with Crippen LogP contribution in [0.4, 0.5) is 0 Å². The summed E-state index contributed by atoms with van der Waals surface area (Å²) in [6.07, 6.45) is 8.40. The molecule has 0 radical (unpaired) electrons. The minimum Gasteiger partial charge on any atom is -0.342 e. The zero-order chi connectivity index (χ0) is 12.1. The van der Waals surface area contributed by atoms with Gasteiger partial charge < -0.3 is 10.2 Å². The van der Waals surface area contributed by atoms with Crippen molar-refractivity contribution in [3.63, 3.8) is 0 Å². The zero-order valence-electron chi connectivity index (χ0n) is 11.1. The third-order valence-electron chi connectivity index (χ3n) is 4.14. The molecule has 2 rings (SSSR count). The minimum atomic E-state index is 0.283. The lowest BCUT2D eigenvalue weighted by molar-refractivity contribution is -0.137. The van der Waals surface area contributed by atoms with Crippen LogP contribution >= 0.6 is 0 Å². The summed E-state index contributed by atoms with van der Waals surface area (Å²) in [5.41, 5.74) is 0. The Balaban J connectivity index is 1.87. The predicted octanol–water partition coefficient (Wildman–Crippen LogP) is 2.17. The summed E-state index contributed by atoms with van der Waals surface area (Å²) < 4.78 is 0. The van der Waals surface area contributed by atoms with Crippen LogP contribution in [0.5, 0.6) is 0 Å². The molecule has 1 N–H and O–H groups in total. The van der Waals surface area contributed by atoms with E-state index in [1.54, 1.807) is 0 Å². The molecule has 2 aliphatic heterocycles. The second kappa shape index (κ2) is 6.39. The van der Waals surface area contributed by atoms with Crippen molar-refractivity contribution in [2.75, 3.05) is 19.6 Å². The smallest absolute Gasteiger partial charge is 0.225 e. The van der Waals surface area contributed by atoms with Gasteiger partial charge in [0, 0.05) is 25.0 Å². The second-order valence-electron chi connectivity index (χ2n) is 5.67. The van der Waals surface area contributed by atoms with E-state index < -0.39 is 0 Å². The second-order valence-corrected chi connectivity index (χ2v) is 5.67. The summed E-state index contributed by atoms with van der Waals surface area (Å²) in [5, 5.41) is 3.42. The maximum Gasteiger partial charge on any atom is 0.225 e. The van der Waals surface area contributed by atoms with Crippen molar-refractivity contribution in [2.45, 2.75) is 57.9 Å². The van der Waals surface area contributed by atoms with Crippen LogP contribution in [0, 0.1) is 5.92 Å². The molecule has 0 bridgehead atoms. The van der Waals surface area contributed by atoms with E-state index in [-0.39, 0.29) is 5.92 Å². The van der Waals surface area contributed by atoms with Gasteiger partial charge in [-0.05, 0) is 39.2 Å². The molecule has 1 amide bonds. The highest BCUT2D eigenvalue weighted by Crippen LogP contribution is 2.20. The molecule has 0 aromatic heterocycles. The van der Waals surface area contributed by atoms with Crippen LogP contribution in [0.15, 0.2) is 0 Å². The fraction of sp³-hybridized carbons (Fsp3) is 0.929. The first kappa shape index (κ1) is 12.9. The minimum absolute atomic E-state index is 0.283. The largest absolute Gasteiger partial charge is 0.342 e. The quantitative estimate of drug-likeness (QED) is 0.759. The van der Waals surface area contributed by atoms with E-state index >= 15 is 0 Å². The maximum atomic E-state index is 12.5. The summed E-state index contributed by atoms with van der Waals surface area (Å²) in [4.78, 5) is 14.6. The van der Waals surface area contributed by atoms with E-state index in [1.807, 2.05) is 0 Å². The van der Waals surface area contributed by atoms with E-state index in [0.717, 1.165) is 32.5 Å². The van der Waals surface area contributed by atoms with Gasteiger partial charge in [-0.15, -0.1) is 0 Å². The first-order valence-corrected chi connectivity index (χ1v) is 7.29. The van der Waals surface area contributed by atoms with Gasteiger partial charge in [0.05, 0.1) is 0 Å². The van der Waals surface area contributed by atoms with Gasteiger partial charge in [0.1, 0.15) is 0 Å². The molecule has 0 spiro atoms. The van der Waals surface area contributed by atoms with Crippen molar-refractivity contribution in [3.8, 4) is 0 Å². The molecule has 98 valence electrons. The summed E-state index contributed by atoms with van der Waals surface area (Å²) in [5.74, 6) is 0.714. The third kappa shape index (κ3) is 3.70. The molecule has 3 heteroatoms. The first-order chi connectivity index (χ1) is 8.27. The van der Waals surface area contributed by atoms with Crippen molar-refractivity contribution in [1.29, 1.82) is 0 Å². The maximum absolute atomic E-state index is 12.5. The molecule has 2 heterocycles. The number of rotatable bonds is 1. The third-order valence-corrected chi connectivity index (χ3v) is 4.14. The number of hydrogen-bond acceptors (Lipinski definition) is 2. The van der Waals surface area contributed by atoms with Crippen molar-refractivity contribution >= 4 is 5.91 Å². The number of likely N-dealkylation sites (tertiary alicyclic amines) is 1. The topological polar surface area (TPSA) is 32.3 Å². The van der Waals surface area contributed by atoms with E-state index in [2.05, 4.69) is 17.1 Å². The number of hydrogen-bond donors (Lipinski definition) is 1. The molecular formula is C14H26N2O. The molecule has 2 fully saturated rings. The van der Waals surface area contributed by atoms with Crippen molar-refractivity contribution in [3.05, 3.63) is 0 Å². The van der Waals surface area contributed by atoms with E-state index in [1.165, 1.54) is 32.1 Å². The van der Waals surface area contributed by atoms with Gasteiger partial charge in [-0.1, -0.05) is 19.3 Å². The fourth-order valence-electron chi connectivity index (χ4n) is 3.08. The molecule has 2 atom stereocenters. The number of carbonyl (C=O) groups excluding carboxylic acids is 1. The Kier molecular flexibility index (Phi) is 4.84. The lowest BCUT2D eigenvalue weighted by Gasteiger charge is -2.33. The van der Waals surface area contributed by atoms with Gasteiger partial charge >= 0.3 is 0 Å². The van der Waals surface area contributed by atoms with Crippen LogP contribution in [0.3, 0.4) is 0 Å². The van der Waals surface area contributed by atoms with Crippen LogP contribution in [-0.4, -0.2) is 36.5 Å². The average molecular weight is 238 g/mol. The molecule has 0 saturated carbocycles. The van der Waals surface area contributed by atoms with Gasteiger partial charge in [-0.3, -0.25) is 4.79 Å². The lowest BCUT2D eigenvalue weighted by atomic mass is 9.91. The van der Waals surface area contributed by atoms with Gasteiger partial charge in [0.25, 0.3) is 0 Å². The number of piperidine rings is 1. The van der Waals surface area contributed by atoms with Gasteiger partial charge in [0.2, 0.25) is 5.91 Å². The summed E-state index contributed by atoms with van der Waals surface area (Å²) in [6, 6.07) is 0.507. The summed E-state index contributed by atoms with van der Waals surface area (Å²) >= 11 is 0. The zero-order valence-corrected chi connectivity index (χ0v) is 11.1. The summed E-state index contributed by atoms with van der Waals surface area (Å²) in [7, 11) is 0. The number of nitrogens with zero attached hydrogens (tertiary/aromatic N) is 1. The predicted molar refractivity (Wildman–Crippen MR) is 69.9 cm³/mol. The molecule has 0 aromatic rings. The average Bonchev–Trinajstić information content (AvgIpc) is 2.28. The highest BCUT2D eigenvalue weighted by atomic mass is 16.2. The molecule has 0 aliphatic carbocycles. The van der Waals surface area contributed by atoms with Gasteiger partial charge in [0.15, 0.2) is 0 Å². The van der Waals surface area contributed by atoms with Crippen molar-refractivity contribution in [2.24, 2.45) is 5.92 Å². The van der Waals surface area contributed by atoms with Crippen LogP contribution in [-0.2, 0) is 4.79 Å². The van der Waals surface area contributed by atoms with Crippen LogP contribution in [0.2, 0.25) is 0 Å². The van der Waals surface area contributed by atoms with Crippen molar-refractivity contribution in [1.82, 2.24) is 10.2 Å². The first-order valence-electron chi connectivity index (χ1n) is 7.29. The Morgan fingerprint density at radius 3 is 2.41 bits per heavy atom. The van der Waals surface area contributed by atoms with E-state index in [4.69, 9.17) is 0 Å². The lowest BCUT2D eigenvalue weighted by Crippen LogP contribution is -2.45. The molecule has 2 saturated heterocycles. The molecule has 0 unspecified atom stereocenters. The Hall–Kier alpha value is -0.570. The monoisotopic (exact) mass is 238 g/mol. The molecule has 2 aliphatic rings. The highest BCUT2D eigenvalue weighted by Gasteiger charge is 2.28. The SMILES string of the molecule is C[C@H]1C[C@@H](C(=O)N2CCCCCCC2)CCN1. The van der Waals surface area contributed by atoms with Gasteiger partial charge in [-0.25, -0.2) is 0 Å². The fourth-order valence-corrected chi connectivity index (χ4v) is 3.08. The Labute approximate surface area is 105 Å². The summed E-state index contributed by atoms with van der Waals surface area (Å²) in [6.45, 7) is 5.19. The number of nitrogens with one attached hydrogen (secondary N) is 1. The normalized spacial score (nSPS) is 31.7. The van der Waals surface area contributed by atoms with Crippen molar-refractivity contribution < 1.29 is 4.79 Å². The van der Waals surface area contributed by atoms with Crippen LogP contribution in [0.1, 0.15) is 51.9 Å². The van der Waals surface area contributed by atoms with E-state index in [0.29, 0.717) is 11.9 Å². The van der Waals surface area contributed by atoms with Crippen LogP contribution in [0.25, 0.3) is 0 Å². The highest BCUT2D eigenvalue weighted by molar-refractivity contribution is 5.79. The Morgan fingerprint density at radius 1 is 1.12 bits per heavy atom. The number of amides is 1. The standard InChI is InChI=1S/C14H26N2O/c1-12-11-13(7-8-15-12)14(17)16-9-5-3-2-4-6-10-16/h12-13,15H,2-11H2,1H3/t12-,13-/m0/s1. The molecular weight excluding hydrogens is 212 g/mol. The van der Waals surface area contributed by atoms with Crippen LogP contribution < -0.4 is 5.32 Å². The van der Waals surface area contributed by atoms with E-state index in [9.17, 15) is 4.79 Å². The molecule has 0 aromatic carbocycles. The van der Waals surface area contributed by atoms with Gasteiger partial charge in [-0.2, -0.15) is 0 Å². The number of carbonyl (C=O) groups is 1. The molecule has 17 heavy (non-hydrogen) atoms. The molecule has 3 nitrogen and oxygen atoms in total.